The molecule has 0 aromatic heterocycles. The highest BCUT2D eigenvalue weighted by molar-refractivity contribution is 9.10. The number of halogens is 1. The van der Waals surface area contributed by atoms with E-state index in [-0.39, 0.29) is 11.8 Å². The molecule has 0 saturated heterocycles. The number of rotatable bonds is 4. The van der Waals surface area contributed by atoms with Gasteiger partial charge in [-0.3, -0.25) is 0 Å². The molecule has 0 fully saturated rings. The van der Waals surface area contributed by atoms with E-state index in [1.54, 1.807) is 18.2 Å². The third-order valence-corrected chi connectivity index (χ3v) is 3.25. The van der Waals surface area contributed by atoms with E-state index in [1.165, 1.54) is 0 Å². The lowest BCUT2D eigenvalue weighted by Gasteiger charge is -2.15. The first kappa shape index (κ1) is 12.9. The largest absolute Gasteiger partial charge is 0.508 e. The van der Waals surface area contributed by atoms with E-state index >= 15 is 0 Å². The SMILES string of the molecule is NC(COc1ccccc1Br)c1ccccc1O. The Morgan fingerprint density at radius 2 is 1.78 bits per heavy atom. The lowest BCUT2D eigenvalue weighted by atomic mass is 10.1. The Hall–Kier alpha value is -1.52. The molecule has 2 aromatic rings. The summed E-state index contributed by atoms with van der Waals surface area (Å²) in [7, 11) is 0. The number of phenols is 1. The van der Waals surface area contributed by atoms with E-state index in [4.69, 9.17) is 10.5 Å². The molecule has 3 N–H and O–H groups in total. The fourth-order valence-electron chi connectivity index (χ4n) is 1.63. The van der Waals surface area contributed by atoms with Crippen LogP contribution in [-0.4, -0.2) is 11.7 Å². The van der Waals surface area contributed by atoms with Crippen molar-refractivity contribution in [2.45, 2.75) is 6.04 Å². The summed E-state index contributed by atoms with van der Waals surface area (Å²) in [6.07, 6.45) is 0. The number of phenolic OH excluding ortho intramolecular Hbond substituents is 1. The van der Waals surface area contributed by atoms with Gasteiger partial charge >= 0.3 is 0 Å². The highest BCUT2D eigenvalue weighted by Gasteiger charge is 2.11. The molecule has 0 saturated carbocycles. The van der Waals surface area contributed by atoms with Gasteiger partial charge in [0.1, 0.15) is 18.1 Å². The Morgan fingerprint density at radius 3 is 2.50 bits per heavy atom. The number of hydrogen-bond acceptors (Lipinski definition) is 3. The zero-order valence-corrected chi connectivity index (χ0v) is 11.3. The van der Waals surface area contributed by atoms with Gasteiger partial charge in [0.15, 0.2) is 0 Å². The van der Waals surface area contributed by atoms with Gasteiger partial charge in [0, 0.05) is 5.56 Å². The molecule has 4 heteroatoms. The first-order valence-electron chi connectivity index (χ1n) is 5.59. The zero-order chi connectivity index (χ0) is 13.0. The van der Waals surface area contributed by atoms with Crippen molar-refractivity contribution in [3.8, 4) is 11.5 Å². The number of para-hydroxylation sites is 2. The first-order chi connectivity index (χ1) is 8.68. The van der Waals surface area contributed by atoms with E-state index in [2.05, 4.69) is 15.9 Å². The number of aromatic hydroxyl groups is 1. The summed E-state index contributed by atoms with van der Waals surface area (Å²) < 4.78 is 6.51. The van der Waals surface area contributed by atoms with Gasteiger partial charge in [0.25, 0.3) is 0 Å². The average molecular weight is 308 g/mol. The summed E-state index contributed by atoms with van der Waals surface area (Å²) in [6.45, 7) is 0.306. The van der Waals surface area contributed by atoms with Gasteiger partial charge in [-0.1, -0.05) is 30.3 Å². The minimum Gasteiger partial charge on any atom is -0.508 e. The van der Waals surface area contributed by atoms with Crippen molar-refractivity contribution in [3.05, 3.63) is 58.6 Å². The van der Waals surface area contributed by atoms with Crippen LogP contribution in [0.3, 0.4) is 0 Å². The number of hydrogen-bond donors (Lipinski definition) is 2. The predicted molar refractivity (Wildman–Crippen MR) is 74.7 cm³/mol. The molecule has 0 aliphatic rings. The second-order valence-corrected chi connectivity index (χ2v) is 4.76. The molecule has 0 spiro atoms. The quantitative estimate of drug-likeness (QED) is 0.912. The van der Waals surface area contributed by atoms with Gasteiger partial charge in [-0.15, -0.1) is 0 Å². The van der Waals surface area contributed by atoms with Crippen LogP contribution in [0.5, 0.6) is 11.5 Å². The second kappa shape index (κ2) is 5.89. The summed E-state index contributed by atoms with van der Waals surface area (Å²) in [5.41, 5.74) is 6.68. The van der Waals surface area contributed by atoms with Crippen molar-refractivity contribution >= 4 is 15.9 Å². The summed E-state index contributed by atoms with van der Waals surface area (Å²) in [5, 5.41) is 9.69. The van der Waals surface area contributed by atoms with E-state index < -0.39 is 0 Å². The lowest BCUT2D eigenvalue weighted by Crippen LogP contribution is -2.19. The van der Waals surface area contributed by atoms with Crippen molar-refractivity contribution < 1.29 is 9.84 Å². The first-order valence-corrected chi connectivity index (χ1v) is 6.38. The summed E-state index contributed by atoms with van der Waals surface area (Å²) in [4.78, 5) is 0. The van der Waals surface area contributed by atoms with Crippen LogP contribution in [0.25, 0.3) is 0 Å². The highest BCUT2D eigenvalue weighted by Crippen LogP contribution is 2.26. The van der Waals surface area contributed by atoms with Crippen LogP contribution in [0.1, 0.15) is 11.6 Å². The molecule has 18 heavy (non-hydrogen) atoms. The van der Waals surface area contributed by atoms with Crippen molar-refractivity contribution in [3.63, 3.8) is 0 Å². The van der Waals surface area contributed by atoms with Gasteiger partial charge in [-0.25, -0.2) is 0 Å². The molecule has 2 aromatic carbocycles. The third-order valence-electron chi connectivity index (χ3n) is 2.59. The molecule has 2 rings (SSSR count). The molecule has 1 unspecified atom stereocenters. The Balaban J connectivity index is 2.03. The average Bonchev–Trinajstić information content (AvgIpc) is 2.38. The monoisotopic (exact) mass is 307 g/mol. The second-order valence-electron chi connectivity index (χ2n) is 3.91. The predicted octanol–water partition coefficient (Wildman–Crippen LogP) is 3.23. The lowest BCUT2D eigenvalue weighted by molar-refractivity contribution is 0.286. The maximum atomic E-state index is 9.69. The number of benzene rings is 2. The standard InChI is InChI=1S/C14H14BrNO2/c15-11-6-2-4-8-14(11)18-9-12(16)10-5-1-3-7-13(10)17/h1-8,12,17H,9,16H2. The van der Waals surface area contributed by atoms with Crippen LogP contribution in [0.2, 0.25) is 0 Å². The molecule has 0 heterocycles. The molecule has 94 valence electrons. The maximum Gasteiger partial charge on any atom is 0.133 e. The van der Waals surface area contributed by atoms with E-state index in [0.29, 0.717) is 12.2 Å². The topological polar surface area (TPSA) is 55.5 Å². The van der Waals surface area contributed by atoms with Crippen molar-refractivity contribution in [1.29, 1.82) is 0 Å². The van der Waals surface area contributed by atoms with Gasteiger partial charge in [0.2, 0.25) is 0 Å². The van der Waals surface area contributed by atoms with Crippen LogP contribution < -0.4 is 10.5 Å². The Kier molecular flexibility index (Phi) is 4.23. The summed E-state index contributed by atoms with van der Waals surface area (Å²) in [6, 6.07) is 14.2. The summed E-state index contributed by atoms with van der Waals surface area (Å²) in [5.74, 6) is 0.934. The Bertz CT molecular complexity index is 531. The van der Waals surface area contributed by atoms with Gasteiger partial charge in [-0.05, 0) is 34.1 Å². The molecule has 3 nitrogen and oxygen atoms in total. The van der Waals surface area contributed by atoms with Crippen LogP contribution >= 0.6 is 15.9 Å². The zero-order valence-electron chi connectivity index (χ0n) is 9.71. The molecule has 0 radical (unpaired) electrons. The molecule has 0 aliphatic carbocycles. The van der Waals surface area contributed by atoms with Gasteiger partial charge in [0.05, 0.1) is 10.5 Å². The van der Waals surface area contributed by atoms with Crippen LogP contribution in [0.4, 0.5) is 0 Å². The van der Waals surface area contributed by atoms with Crippen molar-refractivity contribution in [2.75, 3.05) is 6.61 Å². The van der Waals surface area contributed by atoms with Gasteiger partial charge in [-0.2, -0.15) is 0 Å². The van der Waals surface area contributed by atoms with Crippen LogP contribution in [-0.2, 0) is 0 Å². The minimum atomic E-state index is -0.363. The van der Waals surface area contributed by atoms with Crippen molar-refractivity contribution in [1.82, 2.24) is 0 Å². The van der Waals surface area contributed by atoms with Crippen LogP contribution in [0.15, 0.2) is 53.0 Å². The molecule has 0 aliphatic heterocycles. The fraction of sp³-hybridized carbons (Fsp3) is 0.143. The van der Waals surface area contributed by atoms with E-state index in [0.717, 1.165) is 10.2 Å². The Morgan fingerprint density at radius 1 is 1.11 bits per heavy atom. The van der Waals surface area contributed by atoms with Crippen molar-refractivity contribution in [2.24, 2.45) is 5.73 Å². The third kappa shape index (κ3) is 3.03. The minimum absolute atomic E-state index is 0.195. The van der Waals surface area contributed by atoms with Gasteiger partial charge < -0.3 is 15.6 Å². The van der Waals surface area contributed by atoms with Crippen LogP contribution in [0, 0.1) is 0 Å². The molecular formula is C14H14BrNO2. The summed E-state index contributed by atoms with van der Waals surface area (Å²) >= 11 is 3.40. The molecule has 0 amide bonds. The molecular weight excluding hydrogens is 294 g/mol. The molecule has 1 atom stereocenters. The highest BCUT2D eigenvalue weighted by atomic mass is 79.9. The smallest absolute Gasteiger partial charge is 0.133 e. The fourth-order valence-corrected chi connectivity index (χ4v) is 2.03. The number of nitrogens with two attached hydrogens (primary N) is 1. The number of ether oxygens (including phenoxy) is 1. The maximum absolute atomic E-state index is 9.69. The Labute approximate surface area is 114 Å². The molecule has 0 bridgehead atoms. The van der Waals surface area contributed by atoms with E-state index in [1.807, 2.05) is 30.3 Å². The van der Waals surface area contributed by atoms with E-state index in [9.17, 15) is 5.11 Å². The normalized spacial score (nSPS) is 12.1.